The molecule has 2 N–H and O–H groups in total. The molecular formula is C12H17N3OS. The van der Waals surface area contributed by atoms with Gasteiger partial charge in [0.1, 0.15) is 5.00 Å². The number of aromatic nitrogens is 1. The average Bonchev–Trinajstić information content (AvgIpc) is 2.77. The van der Waals surface area contributed by atoms with E-state index in [1.54, 1.807) is 7.11 Å². The lowest BCUT2D eigenvalue weighted by Gasteiger charge is -2.05. The predicted octanol–water partition coefficient (Wildman–Crippen LogP) is 1.94. The minimum Gasteiger partial charge on any atom is -0.383 e. The second kappa shape index (κ2) is 6.54. The van der Waals surface area contributed by atoms with Gasteiger partial charge in [0.15, 0.2) is 0 Å². The molecular weight excluding hydrogens is 234 g/mol. The highest BCUT2D eigenvalue weighted by molar-refractivity contribution is 7.11. The monoisotopic (exact) mass is 251 g/mol. The molecule has 5 heteroatoms. The Kier molecular flexibility index (Phi) is 4.73. The van der Waals surface area contributed by atoms with Gasteiger partial charge in [0.05, 0.1) is 12.1 Å². The van der Waals surface area contributed by atoms with Crippen molar-refractivity contribution in [3.8, 4) is 0 Å². The fourth-order valence-electron chi connectivity index (χ4n) is 1.58. The highest BCUT2D eigenvalue weighted by atomic mass is 32.1. The van der Waals surface area contributed by atoms with E-state index < -0.39 is 0 Å². The van der Waals surface area contributed by atoms with Gasteiger partial charge in [0, 0.05) is 32.1 Å². The Balaban J connectivity index is 1.79. The fourth-order valence-corrected chi connectivity index (χ4v) is 2.37. The lowest BCUT2D eigenvalue weighted by atomic mass is 10.2. The molecule has 0 unspecified atom stereocenters. The average molecular weight is 251 g/mol. The molecule has 92 valence electrons. The first-order valence-electron chi connectivity index (χ1n) is 5.70. The zero-order valence-electron chi connectivity index (χ0n) is 9.90. The van der Waals surface area contributed by atoms with Crippen molar-refractivity contribution in [3.05, 3.63) is 24.3 Å². The number of nitrogens with one attached hydrogen (secondary N) is 2. The molecule has 4 nitrogen and oxygen atoms in total. The third-order valence-electron chi connectivity index (χ3n) is 2.45. The standard InChI is InChI=1S/C12H17N3OS/c1-16-9-8-13-6-7-14-12-10-4-2-3-5-11(10)15-17-12/h2-5,13-14H,6-9H2,1H3. The van der Waals surface area contributed by atoms with Crippen molar-refractivity contribution in [1.29, 1.82) is 0 Å². The molecule has 0 radical (unpaired) electrons. The lowest BCUT2D eigenvalue weighted by Crippen LogP contribution is -2.25. The van der Waals surface area contributed by atoms with Crippen LogP contribution in [0.4, 0.5) is 5.00 Å². The molecule has 1 heterocycles. The molecule has 0 spiro atoms. The summed E-state index contributed by atoms with van der Waals surface area (Å²) in [6.45, 7) is 3.47. The van der Waals surface area contributed by atoms with Crippen LogP contribution in [0.3, 0.4) is 0 Å². The Bertz CT molecular complexity index is 458. The van der Waals surface area contributed by atoms with Crippen molar-refractivity contribution in [3.63, 3.8) is 0 Å². The molecule has 2 aromatic rings. The number of fused-ring (bicyclic) bond motifs is 1. The number of benzene rings is 1. The summed E-state index contributed by atoms with van der Waals surface area (Å²) in [7, 11) is 1.71. The van der Waals surface area contributed by atoms with Crippen molar-refractivity contribution in [2.75, 3.05) is 38.7 Å². The Morgan fingerprint density at radius 3 is 3.00 bits per heavy atom. The topological polar surface area (TPSA) is 46.2 Å². The van der Waals surface area contributed by atoms with E-state index in [2.05, 4.69) is 21.1 Å². The van der Waals surface area contributed by atoms with Crippen LogP contribution in [0.1, 0.15) is 0 Å². The molecule has 0 saturated heterocycles. The first-order valence-corrected chi connectivity index (χ1v) is 6.47. The maximum Gasteiger partial charge on any atom is 0.117 e. The highest BCUT2D eigenvalue weighted by Gasteiger charge is 2.03. The maximum absolute atomic E-state index is 4.96. The number of rotatable bonds is 7. The molecule has 0 aliphatic heterocycles. The number of hydrogen-bond donors (Lipinski definition) is 2. The lowest BCUT2D eigenvalue weighted by molar-refractivity contribution is 0.200. The van der Waals surface area contributed by atoms with Crippen LogP contribution < -0.4 is 10.6 Å². The third-order valence-corrected chi connectivity index (χ3v) is 3.29. The minimum absolute atomic E-state index is 0.753. The highest BCUT2D eigenvalue weighted by Crippen LogP contribution is 2.26. The summed E-state index contributed by atoms with van der Waals surface area (Å²) in [5, 5.41) is 9.04. The van der Waals surface area contributed by atoms with Gasteiger partial charge < -0.3 is 15.4 Å². The van der Waals surface area contributed by atoms with E-state index in [9.17, 15) is 0 Å². The van der Waals surface area contributed by atoms with Crippen LogP contribution in [-0.2, 0) is 4.74 Å². The molecule has 1 aromatic carbocycles. The summed E-state index contributed by atoms with van der Waals surface area (Å²) in [6, 6.07) is 8.18. The van der Waals surface area contributed by atoms with E-state index in [-0.39, 0.29) is 0 Å². The summed E-state index contributed by atoms with van der Waals surface area (Å²) in [6.07, 6.45) is 0. The fraction of sp³-hybridized carbons (Fsp3) is 0.417. The molecule has 0 fully saturated rings. The Hall–Kier alpha value is -1.17. The molecule has 0 amide bonds. The Labute approximate surface area is 105 Å². The Morgan fingerprint density at radius 1 is 1.24 bits per heavy atom. The van der Waals surface area contributed by atoms with Gasteiger partial charge in [-0.2, -0.15) is 4.37 Å². The van der Waals surface area contributed by atoms with E-state index >= 15 is 0 Å². The van der Waals surface area contributed by atoms with E-state index in [1.165, 1.54) is 16.9 Å². The van der Waals surface area contributed by atoms with Gasteiger partial charge in [-0.3, -0.25) is 0 Å². The van der Waals surface area contributed by atoms with Crippen LogP contribution in [0.5, 0.6) is 0 Å². The zero-order chi connectivity index (χ0) is 11.9. The van der Waals surface area contributed by atoms with Gasteiger partial charge in [-0.25, -0.2) is 0 Å². The number of hydrogen-bond acceptors (Lipinski definition) is 5. The predicted molar refractivity (Wildman–Crippen MR) is 72.9 cm³/mol. The van der Waals surface area contributed by atoms with Crippen molar-refractivity contribution in [1.82, 2.24) is 9.69 Å². The smallest absolute Gasteiger partial charge is 0.117 e. The van der Waals surface area contributed by atoms with Crippen LogP contribution in [0, 0.1) is 0 Å². The first kappa shape index (κ1) is 12.3. The van der Waals surface area contributed by atoms with Gasteiger partial charge in [0.25, 0.3) is 0 Å². The van der Waals surface area contributed by atoms with Crippen LogP contribution in [-0.4, -0.2) is 37.7 Å². The summed E-state index contributed by atoms with van der Waals surface area (Å²) < 4.78 is 9.35. The number of methoxy groups -OCH3 is 1. The number of nitrogens with zero attached hydrogens (tertiary/aromatic N) is 1. The first-order chi connectivity index (χ1) is 8.42. The molecule has 17 heavy (non-hydrogen) atoms. The van der Waals surface area contributed by atoms with Crippen LogP contribution in [0.2, 0.25) is 0 Å². The van der Waals surface area contributed by atoms with E-state index in [0.29, 0.717) is 0 Å². The third kappa shape index (κ3) is 3.39. The zero-order valence-corrected chi connectivity index (χ0v) is 10.7. The van der Waals surface area contributed by atoms with Crippen LogP contribution >= 0.6 is 11.5 Å². The van der Waals surface area contributed by atoms with Gasteiger partial charge >= 0.3 is 0 Å². The van der Waals surface area contributed by atoms with E-state index in [4.69, 9.17) is 4.74 Å². The van der Waals surface area contributed by atoms with Gasteiger partial charge in [-0.1, -0.05) is 12.1 Å². The van der Waals surface area contributed by atoms with Gasteiger partial charge in [-0.05, 0) is 23.7 Å². The summed E-state index contributed by atoms with van der Waals surface area (Å²) in [5.41, 5.74) is 1.06. The maximum atomic E-state index is 4.96. The summed E-state index contributed by atoms with van der Waals surface area (Å²) in [4.78, 5) is 0. The van der Waals surface area contributed by atoms with Gasteiger partial charge in [-0.15, -0.1) is 0 Å². The van der Waals surface area contributed by atoms with Crippen LogP contribution in [0.25, 0.3) is 10.9 Å². The van der Waals surface area contributed by atoms with Crippen molar-refractivity contribution in [2.24, 2.45) is 0 Å². The minimum atomic E-state index is 0.753. The molecule has 0 saturated carbocycles. The molecule has 0 bridgehead atoms. The number of ether oxygens (including phenoxy) is 1. The van der Waals surface area contributed by atoms with Crippen LogP contribution in [0.15, 0.2) is 24.3 Å². The largest absolute Gasteiger partial charge is 0.383 e. The molecule has 2 rings (SSSR count). The quantitative estimate of drug-likeness (QED) is 0.738. The van der Waals surface area contributed by atoms with Crippen molar-refractivity contribution in [2.45, 2.75) is 0 Å². The molecule has 0 atom stereocenters. The van der Waals surface area contributed by atoms with E-state index in [1.807, 2.05) is 18.2 Å². The molecule has 0 aliphatic carbocycles. The van der Waals surface area contributed by atoms with E-state index in [0.717, 1.165) is 36.8 Å². The van der Waals surface area contributed by atoms with Crippen molar-refractivity contribution >= 4 is 27.4 Å². The summed E-state index contributed by atoms with van der Waals surface area (Å²) in [5.74, 6) is 0. The molecule has 0 aliphatic rings. The second-order valence-corrected chi connectivity index (χ2v) is 4.47. The normalized spacial score (nSPS) is 10.9. The number of anilines is 1. The second-order valence-electron chi connectivity index (χ2n) is 3.70. The SMILES string of the molecule is COCCNCCNc1snc2ccccc12. The molecule has 1 aromatic heterocycles. The Morgan fingerprint density at radius 2 is 2.12 bits per heavy atom. The van der Waals surface area contributed by atoms with Gasteiger partial charge in [0.2, 0.25) is 0 Å². The summed E-state index contributed by atoms with van der Waals surface area (Å²) >= 11 is 1.52. The van der Waals surface area contributed by atoms with Crippen molar-refractivity contribution < 1.29 is 4.74 Å².